The zero-order chi connectivity index (χ0) is 16.1. The number of carboxylic acid groups (broad SMARTS) is 1. The van der Waals surface area contributed by atoms with Crippen molar-refractivity contribution in [1.82, 2.24) is 0 Å². The number of carboxylic acids is 1. The summed E-state index contributed by atoms with van der Waals surface area (Å²) in [5, 5.41) is 13.3. The maximum atomic E-state index is 11.2. The molecule has 6 heteroatoms. The molecule has 4 nitrogen and oxygen atoms in total. The Hall–Kier alpha value is -1.91. The Balaban J connectivity index is 1.97. The fraction of sp³-hybridized carbons (Fsp3) is 0.188. The lowest BCUT2D eigenvalue weighted by atomic mass is 10.1. The van der Waals surface area contributed by atoms with Gasteiger partial charge in [0.25, 0.3) is 0 Å². The summed E-state index contributed by atoms with van der Waals surface area (Å²) in [6.45, 7) is 2.62. The van der Waals surface area contributed by atoms with E-state index in [1.54, 1.807) is 30.3 Å². The van der Waals surface area contributed by atoms with Crippen LogP contribution in [0.3, 0.4) is 0 Å². The predicted molar refractivity (Wildman–Crippen MR) is 88.6 cm³/mol. The lowest BCUT2D eigenvalue weighted by Crippen LogP contribution is -2.15. The van der Waals surface area contributed by atoms with Crippen LogP contribution in [0.15, 0.2) is 36.4 Å². The minimum Gasteiger partial charge on any atom is -0.490 e. The normalized spacial score (nSPS) is 10.3. The summed E-state index contributed by atoms with van der Waals surface area (Å²) in [5.74, 6) is -0.468. The second-order valence-corrected chi connectivity index (χ2v) is 5.50. The molecule has 0 saturated heterocycles. The number of hydrogen-bond donors (Lipinski definition) is 2. The third kappa shape index (κ3) is 4.06. The second kappa shape index (κ2) is 7.38. The van der Waals surface area contributed by atoms with Gasteiger partial charge in [-0.15, -0.1) is 0 Å². The van der Waals surface area contributed by atoms with Crippen LogP contribution >= 0.6 is 23.2 Å². The number of hydrogen-bond acceptors (Lipinski definition) is 3. The molecule has 116 valence electrons. The van der Waals surface area contributed by atoms with E-state index in [1.165, 1.54) is 0 Å². The highest BCUT2D eigenvalue weighted by Crippen LogP contribution is 2.27. The molecule has 0 aromatic heterocycles. The zero-order valence-corrected chi connectivity index (χ0v) is 13.4. The van der Waals surface area contributed by atoms with Gasteiger partial charge in [-0.2, -0.15) is 0 Å². The molecule has 0 aliphatic rings. The van der Waals surface area contributed by atoms with Crippen molar-refractivity contribution in [2.24, 2.45) is 0 Å². The molecule has 0 radical (unpaired) electrons. The lowest BCUT2D eigenvalue weighted by molar-refractivity contribution is 0.0698. The first-order valence-electron chi connectivity index (χ1n) is 6.63. The highest BCUT2D eigenvalue weighted by atomic mass is 35.5. The van der Waals surface area contributed by atoms with Gasteiger partial charge in [0.1, 0.15) is 12.4 Å². The van der Waals surface area contributed by atoms with Gasteiger partial charge in [0.2, 0.25) is 0 Å². The molecule has 0 bridgehead atoms. The number of ether oxygens (including phenoxy) is 1. The number of para-hydroxylation sites is 1. The van der Waals surface area contributed by atoms with Crippen LogP contribution in [0.2, 0.25) is 10.0 Å². The summed E-state index contributed by atoms with van der Waals surface area (Å²) in [7, 11) is 0. The SMILES string of the molecule is Cc1cccc(C(=O)O)c1NCCOc1cc(Cl)ccc1Cl. The van der Waals surface area contributed by atoms with Crippen LogP contribution < -0.4 is 10.1 Å². The molecule has 0 aliphatic heterocycles. The number of nitrogens with one attached hydrogen (secondary N) is 1. The molecule has 0 atom stereocenters. The fourth-order valence-electron chi connectivity index (χ4n) is 2.01. The standard InChI is InChI=1S/C16H15Cl2NO3/c1-10-3-2-4-12(16(20)21)15(10)19-7-8-22-14-9-11(17)5-6-13(14)18/h2-6,9,19H,7-8H2,1H3,(H,20,21). The van der Waals surface area contributed by atoms with Crippen LogP contribution in [-0.2, 0) is 0 Å². The molecule has 2 aromatic carbocycles. The molecule has 0 saturated carbocycles. The van der Waals surface area contributed by atoms with Crippen LogP contribution in [0.4, 0.5) is 5.69 Å². The number of carbonyl (C=O) groups is 1. The monoisotopic (exact) mass is 339 g/mol. The third-order valence-corrected chi connectivity index (χ3v) is 3.61. The van der Waals surface area contributed by atoms with Crippen LogP contribution in [0, 0.1) is 6.92 Å². The van der Waals surface area contributed by atoms with E-state index >= 15 is 0 Å². The first kappa shape index (κ1) is 16.5. The number of aromatic carboxylic acids is 1. The first-order chi connectivity index (χ1) is 10.5. The summed E-state index contributed by atoms with van der Waals surface area (Å²) in [5.41, 5.74) is 1.69. The average Bonchev–Trinajstić information content (AvgIpc) is 2.48. The van der Waals surface area contributed by atoms with Crippen molar-refractivity contribution in [1.29, 1.82) is 0 Å². The molecule has 2 N–H and O–H groups in total. The molecule has 0 amide bonds. The topological polar surface area (TPSA) is 58.6 Å². The van der Waals surface area contributed by atoms with E-state index in [1.807, 2.05) is 13.0 Å². The van der Waals surface area contributed by atoms with Crippen LogP contribution in [0.1, 0.15) is 15.9 Å². The van der Waals surface area contributed by atoms with Gasteiger partial charge in [0.15, 0.2) is 0 Å². The summed E-state index contributed by atoms with van der Waals surface area (Å²) in [4.78, 5) is 11.2. The van der Waals surface area contributed by atoms with Crippen molar-refractivity contribution in [2.75, 3.05) is 18.5 Å². The van der Waals surface area contributed by atoms with Crippen molar-refractivity contribution < 1.29 is 14.6 Å². The highest BCUT2D eigenvalue weighted by molar-refractivity contribution is 6.34. The molecular weight excluding hydrogens is 325 g/mol. The Morgan fingerprint density at radius 1 is 1.27 bits per heavy atom. The van der Waals surface area contributed by atoms with E-state index < -0.39 is 5.97 Å². The van der Waals surface area contributed by atoms with Gasteiger partial charge < -0.3 is 15.2 Å². The van der Waals surface area contributed by atoms with Crippen LogP contribution in [0.5, 0.6) is 5.75 Å². The second-order valence-electron chi connectivity index (χ2n) is 4.65. The Kier molecular flexibility index (Phi) is 5.52. The molecule has 0 heterocycles. The minimum atomic E-state index is -0.968. The van der Waals surface area contributed by atoms with Crippen molar-refractivity contribution in [3.05, 3.63) is 57.6 Å². The number of halogens is 2. The number of anilines is 1. The molecule has 0 fully saturated rings. The first-order valence-corrected chi connectivity index (χ1v) is 7.39. The van der Waals surface area contributed by atoms with Crippen molar-refractivity contribution in [3.8, 4) is 5.75 Å². The van der Waals surface area contributed by atoms with Gasteiger partial charge >= 0.3 is 5.97 Å². The molecule has 0 aliphatic carbocycles. The van der Waals surface area contributed by atoms with E-state index in [-0.39, 0.29) is 5.56 Å². The van der Waals surface area contributed by atoms with E-state index in [0.29, 0.717) is 34.6 Å². The van der Waals surface area contributed by atoms with E-state index in [9.17, 15) is 9.90 Å². The third-order valence-electron chi connectivity index (χ3n) is 3.06. The molecule has 22 heavy (non-hydrogen) atoms. The zero-order valence-electron chi connectivity index (χ0n) is 11.9. The quantitative estimate of drug-likeness (QED) is 0.761. The van der Waals surface area contributed by atoms with Gasteiger partial charge in [-0.3, -0.25) is 0 Å². The van der Waals surface area contributed by atoms with Crippen molar-refractivity contribution in [2.45, 2.75) is 6.92 Å². The largest absolute Gasteiger partial charge is 0.490 e. The minimum absolute atomic E-state index is 0.237. The molecule has 2 rings (SSSR count). The summed E-state index contributed by atoms with van der Waals surface area (Å²) in [6.07, 6.45) is 0. The smallest absolute Gasteiger partial charge is 0.337 e. The molecule has 0 unspecified atom stereocenters. The lowest BCUT2D eigenvalue weighted by Gasteiger charge is -2.13. The Labute approximate surface area is 138 Å². The molecular formula is C16H15Cl2NO3. The van der Waals surface area contributed by atoms with Gasteiger partial charge in [-0.25, -0.2) is 4.79 Å². The highest BCUT2D eigenvalue weighted by Gasteiger charge is 2.11. The maximum Gasteiger partial charge on any atom is 0.337 e. The summed E-state index contributed by atoms with van der Waals surface area (Å²) >= 11 is 11.9. The van der Waals surface area contributed by atoms with Gasteiger partial charge in [0.05, 0.1) is 16.3 Å². The fourth-order valence-corrected chi connectivity index (χ4v) is 2.34. The van der Waals surface area contributed by atoms with Gasteiger partial charge in [-0.05, 0) is 30.7 Å². The van der Waals surface area contributed by atoms with Crippen molar-refractivity contribution >= 4 is 34.9 Å². The van der Waals surface area contributed by atoms with Crippen LogP contribution in [0.25, 0.3) is 0 Å². The predicted octanol–water partition coefficient (Wildman–Crippen LogP) is 4.49. The Bertz CT molecular complexity index is 689. The number of aryl methyl sites for hydroxylation is 1. The Morgan fingerprint density at radius 3 is 2.77 bits per heavy atom. The van der Waals surface area contributed by atoms with E-state index in [4.69, 9.17) is 27.9 Å². The van der Waals surface area contributed by atoms with Gasteiger partial charge in [-0.1, -0.05) is 35.3 Å². The molecule has 2 aromatic rings. The molecule has 0 spiro atoms. The average molecular weight is 340 g/mol. The van der Waals surface area contributed by atoms with E-state index in [2.05, 4.69) is 5.32 Å². The van der Waals surface area contributed by atoms with Crippen LogP contribution in [-0.4, -0.2) is 24.2 Å². The Morgan fingerprint density at radius 2 is 2.05 bits per heavy atom. The van der Waals surface area contributed by atoms with E-state index in [0.717, 1.165) is 5.56 Å². The maximum absolute atomic E-state index is 11.2. The summed E-state index contributed by atoms with van der Waals surface area (Å²) in [6, 6.07) is 10.1. The number of benzene rings is 2. The van der Waals surface area contributed by atoms with Crippen molar-refractivity contribution in [3.63, 3.8) is 0 Å². The summed E-state index contributed by atoms with van der Waals surface area (Å²) < 4.78 is 5.55. The van der Waals surface area contributed by atoms with Gasteiger partial charge in [0, 0.05) is 17.6 Å². The number of rotatable bonds is 6.